The number of hydrogen-bond donors (Lipinski definition) is 6. The fourth-order valence-corrected chi connectivity index (χ4v) is 7.47. The number of aryl methyl sites for hydroxylation is 1. The number of benzene rings is 2. The SMILES string of the molecule is CN(Cc1cnc2nc(N)nc(N)c2n1)c1ccc(C(=O)N[C@@H](CCC(=O)NCCCCCCCCCc2cccc3c2C(=O)N(C2CCC(=O)NC2=O)C3=O)C(=O)O)cc1. The number of anilines is 3. The van der Waals surface area contributed by atoms with E-state index in [0.717, 1.165) is 61.1 Å². The van der Waals surface area contributed by atoms with Gasteiger partial charge >= 0.3 is 5.97 Å². The summed E-state index contributed by atoms with van der Waals surface area (Å²) in [5.74, 6) is -4.02. The van der Waals surface area contributed by atoms with Crippen LogP contribution in [0.3, 0.4) is 0 Å². The molecule has 0 saturated carbocycles. The predicted octanol–water partition coefficient (Wildman–Crippen LogP) is 2.67. The number of hydrogen-bond acceptors (Lipinski definition) is 14. The lowest BCUT2D eigenvalue weighted by Gasteiger charge is -2.27. The van der Waals surface area contributed by atoms with Crippen LogP contribution >= 0.6 is 0 Å². The van der Waals surface area contributed by atoms with Crippen LogP contribution < -0.4 is 32.3 Å². The number of nitrogens with zero attached hydrogens (tertiary/aromatic N) is 6. The van der Waals surface area contributed by atoms with Gasteiger partial charge in [-0.15, -0.1) is 0 Å². The first-order chi connectivity index (χ1) is 29.3. The summed E-state index contributed by atoms with van der Waals surface area (Å²) in [5, 5.41) is 17.3. The highest BCUT2D eigenvalue weighted by Crippen LogP contribution is 2.31. The van der Waals surface area contributed by atoms with Gasteiger partial charge in [-0.05, 0) is 68.0 Å². The predicted molar refractivity (Wildman–Crippen MR) is 223 cm³/mol. The molecule has 1 fully saturated rings. The van der Waals surface area contributed by atoms with Gasteiger partial charge in [-0.1, -0.05) is 44.2 Å². The highest BCUT2D eigenvalue weighted by atomic mass is 16.4. The Kier molecular flexibility index (Phi) is 14.1. The van der Waals surface area contributed by atoms with E-state index in [2.05, 4.69) is 35.9 Å². The van der Waals surface area contributed by atoms with E-state index in [9.17, 15) is 38.7 Å². The molecule has 19 nitrogen and oxygen atoms in total. The van der Waals surface area contributed by atoms with E-state index < -0.39 is 47.6 Å². The Morgan fingerprint density at radius 2 is 1.66 bits per heavy atom. The fourth-order valence-electron chi connectivity index (χ4n) is 7.47. The zero-order valence-corrected chi connectivity index (χ0v) is 33.8. The van der Waals surface area contributed by atoms with Crippen LogP contribution in [0.1, 0.15) is 113 Å². The number of aromatic nitrogens is 4. The molecule has 0 spiro atoms. The third kappa shape index (κ3) is 10.8. The van der Waals surface area contributed by atoms with Crippen LogP contribution in [0.4, 0.5) is 17.5 Å². The lowest BCUT2D eigenvalue weighted by Crippen LogP contribution is -2.54. The highest BCUT2D eigenvalue weighted by molar-refractivity contribution is 6.24. The number of carboxylic acid groups (broad SMARTS) is 1. The monoisotopic (exact) mass is 835 g/mol. The minimum Gasteiger partial charge on any atom is -0.480 e. The van der Waals surface area contributed by atoms with Gasteiger partial charge in [-0.2, -0.15) is 9.97 Å². The lowest BCUT2D eigenvalue weighted by molar-refractivity contribution is -0.140. The minimum atomic E-state index is -1.25. The smallest absolute Gasteiger partial charge is 0.326 e. The van der Waals surface area contributed by atoms with E-state index in [-0.39, 0.29) is 60.1 Å². The number of nitrogens with one attached hydrogen (secondary N) is 3. The summed E-state index contributed by atoms with van der Waals surface area (Å²) < 4.78 is 0. The maximum absolute atomic E-state index is 13.3. The molecule has 61 heavy (non-hydrogen) atoms. The van der Waals surface area contributed by atoms with E-state index in [4.69, 9.17) is 11.5 Å². The number of aliphatic carboxylic acids is 1. The van der Waals surface area contributed by atoms with Crippen LogP contribution in [-0.2, 0) is 32.1 Å². The Balaban J connectivity index is 0.839. The van der Waals surface area contributed by atoms with Gasteiger partial charge in [0.25, 0.3) is 17.7 Å². The number of rotatable bonds is 20. The van der Waals surface area contributed by atoms with Crippen LogP contribution in [0.15, 0.2) is 48.7 Å². The van der Waals surface area contributed by atoms with Gasteiger partial charge < -0.3 is 32.1 Å². The third-order valence-electron chi connectivity index (χ3n) is 10.7. The normalized spacial score (nSPS) is 15.4. The average Bonchev–Trinajstić information content (AvgIpc) is 3.48. The molecule has 4 aromatic rings. The number of piperidine rings is 1. The first-order valence-corrected chi connectivity index (χ1v) is 20.3. The maximum Gasteiger partial charge on any atom is 0.326 e. The second kappa shape index (κ2) is 19.8. The zero-order valence-electron chi connectivity index (χ0n) is 33.8. The molecule has 2 aromatic carbocycles. The summed E-state index contributed by atoms with van der Waals surface area (Å²) in [5.41, 5.74) is 15.2. The lowest BCUT2D eigenvalue weighted by atomic mass is 9.97. The van der Waals surface area contributed by atoms with Crippen molar-refractivity contribution in [1.82, 2.24) is 40.8 Å². The molecule has 0 radical (unpaired) electrons. The Morgan fingerprint density at radius 1 is 0.934 bits per heavy atom. The molecule has 2 aliphatic rings. The van der Waals surface area contributed by atoms with Crippen molar-refractivity contribution in [1.29, 1.82) is 0 Å². The highest BCUT2D eigenvalue weighted by Gasteiger charge is 2.45. The Bertz CT molecular complexity index is 2340. The number of carbonyl (C=O) groups is 7. The van der Waals surface area contributed by atoms with E-state index >= 15 is 0 Å². The molecule has 6 amide bonds. The molecule has 2 aromatic heterocycles. The average molecular weight is 836 g/mol. The summed E-state index contributed by atoms with van der Waals surface area (Å²) in [6.45, 7) is 0.811. The largest absolute Gasteiger partial charge is 0.480 e. The van der Waals surface area contributed by atoms with Crippen LogP contribution in [0.2, 0.25) is 0 Å². The number of carbonyl (C=O) groups excluding carboxylic acids is 6. The molecule has 0 bridgehead atoms. The molecule has 4 heterocycles. The van der Waals surface area contributed by atoms with E-state index in [1.165, 1.54) is 0 Å². The number of imide groups is 2. The van der Waals surface area contributed by atoms with Crippen molar-refractivity contribution < 1.29 is 38.7 Å². The molecule has 320 valence electrons. The summed E-state index contributed by atoms with van der Waals surface area (Å²) in [7, 11) is 1.83. The quantitative estimate of drug-likeness (QED) is 0.0551. The van der Waals surface area contributed by atoms with Crippen molar-refractivity contribution in [3.05, 3.63) is 76.6 Å². The number of amides is 6. The molecule has 8 N–H and O–H groups in total. The Hall–Kier alpha value is -7.05. The molecule has 6 rings (SSSR count). The number of nitrogens with two attached hydrogens (primary N) is 2. The number of fused-ring (bicyclic) bond motifs is 2. The van der Waals surface area contributed by atoms with Crippen LogP contribution in [0, 0.1) is 0 Å². The van der Waals surface area contributed by atoms with E-state index in [1.54, 1.807) is 42.6 Å². The van der Waals surface area contributed by atoms with Crippen molar-refractivity contribution in [2.24, 2.45) is 0 Å². The molecule has 2 aliphatic heterocycles. The van der Waals surface area contributed by atoms with Crippen molar-refractivity contribution >= 4 is 70.0 Å². The van der Waals surface area contributed by atoms with Gasteiger partial charge in [0, 0.05) is 37.7 Å². The van der Waals surface area contributed by atoms with Gasteiger partial charge in [0.2, 0.25) is 23.7 Å². The molecular formula is C42H49N11O8. The maximum atomic E-state index is 13.3. The molecule has 19 heteroatoms. The van der Waals surface area contributed by atoms with Gasteiger partial charge in [0.1, 0.15) is 12.1 Å². The molecule has 0 aliphatic carbocycles. The second-order valence-corrected chi connectivity index (χ2v) is 15.2. The number of unbranched alkanes of at least 4 members (excludes halogenated alkanes) is 6. The van der Waals surface area contributed by atoms with E-state index in [0.29, 0.717) is 36.3 Å². The van der Waals surface area contributed by atoms with Crippen molar-refractivity contribution in [2.45, 2.75) is 95.7 Å². The van der Waals surface area contributed by atoms with Crippen LogP contribution in [0.25, 0.3) is 11.2 Å². The van der Waals surface area contributed by atoms with Crippen LogP contribution in [-0.4, -0.2) is 97.0 Å². The Morgan fingerprint density at radius 3 is 2.38 bits per heavy atom. The summed E-state index contributed by atoms with van der Waals surface area (Å²) in [4.78, 5) is 107. The summed E-state index contributed by atoms with van der Waals surface area (Å²) in [6, 6.07) is 9.54. The van der Waals surface area contributed by atoms with Gasteiger partial charge in [0.15, 0.2) is 17.0 Å². The number of carboxylic acids is 1. The number of nitrogen functional groups attached to an aromatic ring is 2. The third-order valence-corrected chi connectivity index (χ3v) is 10.7. The van der Waals surface area contributed by atoms with Crippen molar-refractivity contribution in [3.63, 3.8) is 0 Å². The molecule has 1 unspecified atom stereocenters. The van der Waals surface area contributed by atoms with Gasteiger partial charge in [0.05, 0.1) is 29.6 Å². The minimum absolute atomic E-state index is 0.00633. The van der Waals surface area contributed by atoms with Gasteiger partial charge in [-0.3, -0.25) is 39.0 Å². The topological polar surface area (TPSA) is 286 Å². The fraction of sp³-hybridized carbons (Fsp3) is 0.405. The van der Waals surface area contributed by atoms with Crippen molar-refractivity contribution in [2.75, 3.05) is 30.0 Å². The molecule has 1 saturated heterocycles. The Labute approximate surface area is 351 Å². The first kappa shape index (κ1) is 43.5. The second-order valence-electron chi connectivity index (χ2n) is 15.2. The zero-order chi connectivity index (χ0) is 43.6. The van der Waals surface area contributed by atoms with Gasteiger partial charge in [-0.25, -0.2) is 14.8 Å². The van der Waals surface area contributed by atoms with E-state index in [1.807, 2.05) is 18.0 Å². The molecular weight excluding hydrogens is 787 g/mol. The van der Waals surface area contributed by atoms with Crippen molar-refractivity contribution in [3.8, 4) is 0 Å². The summed E-state index contributed by atoms with van der Waals surface area (Å²) >= 11 is 0. The standard InChI is InChI=1S/C42H49N11O8/c1-52(23-26-22-46-36-34(47-26)35(43)50-42(44)51-36)27-15-13-25(14-16-27)37(56)48-29(41(60)61)17-19-31(54)45-21-8-6-4-2-3-5-7-10-24-11-9-12-28-33(24)40(59)53(39(28)58)30-18-20-32(55)49-38(30)57/h9,11-16,22,29-30H,2-8,10,17-21,23H2,1H3,(H,45,54)(H,48,56)(H,60,61)(H,49,55,57)(H4,43,44,46,50,51)/t29-,30?/m0/s1. The molecule has 2 atom stereocenters. The van der Waals surface area contributed by atoms with Crippen LogP contribution in [0.5, 0.6) is 0 Å². The first-order valence-electron chi connectivity index (χ1n) is 20.3. The summed E-state index contributed by atoms with van der Waals surface area (Å²) in [6.07, 6.45) is 8.57.